The number of nitrogens with one attached hydrogen (secondary N) is 1. The highest BCUT2D eigenvalue weighted by atomic mass is 35.5. The van der Waals surface area contributed by atoms with Crippen LogP contribution in [0.15, 0.2) is 52.9 Å². The molecule has 3 aliphatic rings. The van der Waals surface area contributed by atoms with E-state index in [1.54, 1.807) is 11.6 Å². The van der Waals surface area contributed by atoms with Gasteiger partial charge in [-0.1, -0.05) is 17.7 Å². The molecular formula is C23H20ClF3N6O2S2. The van der Waals surface area contributed by atoms with E-state index in [4.69, 9.17) is 16.6 Å². The SMILES string of the molecule is O=S(=O)(N[C@H]1CC2=C(c3cnn(C(F)F)c3)[C@H](c3ccc(F)cc3Cl)N=C(c3nccs3)N2C1)C1CC1. The number of hydrogen-bond acceptors (Lipinski definition) is 7. The van der Waals surface area contributed by atoms with E-state index in [0.29, 0.717) is 57.2 Å². The Kier molecular flexibility index (Phi) is 6.13. The fourth-order valence-electron chi connectivity index (χ4n) is 4.77. The van der Waals surface area contributed by atoms with Crippen LogP contribution >= 0.6 is 22.9 Å². The quantitative estimate of drug-likeness (QED) is 0.450. The lowest BCUT2D eigenvalue weighted by molar-refractivity contribution is 0.0566. The summed E-state index contributed by atoms with van der Waals surface area (Å²) in [6.45, 7) is -2.56. The molecule has 0 unspecified atom stereocenters. The third-order valence-corrected chi connectivity index (χ3v) is 9.65. The van der Waals surface area contributed by atoms with Crippen molar-refractivity contribution in [2.45, 2.75) is 43.1 Å². The highest BCUT2D eigenvalue weighted by Crippen LogP contribution is 2.46. The average Bonchev–Trinajstić information content (AvgIpc) is 3.21. The molecule has 0 radical (unpaired) electrons. The Balaban J connectivity index is 1.51. The number of halogens is 4. The van der Waals surface area contributed by atoms with E-state index in [-0.39, 0.29) is 16.8 Å². The van der Waals surface area contributed by atoms with Gasteiger partial charge in [0, 0.05) is 58.6 Å². The molecule has 1 saturated heterocycles. The van der Waals surface area contributed by atoms with Crippen molar-refractivity contribution in [1.29, 1.82) is 0 Å². The number of hydrogen-bond donors (Lipinski definition) is 1. The van der Waals surface area contributed by atoms with Crippen LogP contribution in [-0.2, 0) is 10.0 Å². The molecule has 1 aliphatic carbocycles. The maximum absolute atomic E-state index is 13.9. The van der Waals surface area contributed by atoms with Crippen molar-refractivity contribution < 1.29 is 21.6 Å². The van der Waals surface area contributed by atoms with Crippen molar-refractivity contribution in [3.63, 3.8) is 0 Å². The fraction of sp³-hybridized carbons (Fsp3) is 0.348. The topological polar surface area (TPSA) is 92.5 Å². The van der Waals surface area contributed by atoms with Crippen molar-refractivity contribution in [2.75, 3.05) is 6.54 Å². The molecule has 194 valence electrons. The second-order valence-electron chi connectivity index (χ2n) is 9.08. The molecule has 14 heteroatoms. The van der Waals surface area contributed by atoms with E-state index >= 15 is 0 Å². The summed E-state index contributed by atoms with van der Waals surface area (Å²) < 4.78 is 69.6. The normalized spacial score (nSPS) is 22.1. The Labute approximate surface area is 219 Å². The number of fused-ring (bicyclic) bond motifs is 1. The highest BCUT2D eigenvalue weighted by Gasteiger charge is 2.44. The zero-order valence-corrected chi connectivity index (χ0v) is 21.4. The van der Waals surface area contributed by atoms with Crippen molar-refractivity contribution >= 4 is 44.4 Å². The Hall–Kier alpha value is -2.74. The van der Waals surface area contributed by atoms with Gasteiger partial charge in [0.1, 0.15) is 11.9 Å². The molecule has 0 spiro atoms. The van der Waals surface area contributed by atoms with Gasteiger partial charge >= 0.3 is 6.55 Å². The molecule has 6 rings (SSSR count). The molecule has 1 aromatic carbocycles. The number of benzene rings is 1. The molecule has 0 bridgehead atoms. The van der Waals surface area contributed by atoms with E-state index in [2.05, 4.69) is 14.8 Å². The lowest BCUT2D eigenvalue weighted by Crippen LogP contribution is -2.40. The third-order valence-electron chi connectivity index (χ3n) is 6.55. The van der Waals surface area contributed by atoms with Crippen LogP contribution in [0.3, 0.4) is 0 Å². The van der Waals surface area contributed by atoms with Gasteiger partial charge in [0.15, 0.2) is 10.8 Å². The van der Waals surface area contributed by atoms with Gasteiger partial charge in [0.25, 0.3) is 0 Å². The van der Waals surface area contributed by atoms with Crippen LogP contribution in [0.25, 0.3) is 5.57 Å². The summed E-state index contributed by atoms with van der Waals surface area (Å²) >= 11 is 7.82. The number of sulfonamides is 1. The Morgan fingerprint density at radius 2 is 2.05 bits per heavy atom. The highest BCUT2D eigenvalue weighted by molar-refractivity contribution is 7.90. The maximum Gasteiger partial charge on any atom is 0.333 e. The zero-order chi connectivity index (χ0) is 25.9. The summed E-state index contributed by atoms with van der Waals surface area (Å²) in [5, 5.41) is 5.94. The Morgan fingerprint density at radius 3 is 2.70 bits per heavy atom. The number of aromatic nitrogens is 3. The first-order valence-electron chi connectivity index (χ1n) is 11.5. The molecule has 1 saturated carbocycles. The molecule has 0 amide bonds. The summed E-state index contributed by atoms with van der Waals surface area (Å²) in [6.07, 6.45) is 5.73. The number of nitrogens with zero attached hydrogens (tertiary/aromatic N) is 5. The minimum absolute atomic E-state index is 0.129. The van der Waals surface area contributed by atoms with Gasteiger partial charge in [-0.2, -0.15) is 13.9 Å². The standard InChI is InChI=1S/C23H20ClF3N6O2S2/c24-17-7-13(25)1-4-16(17)20-19(12-9-29-33(10-12)23(26)27)18-8-14(31-37(34,35)15-2-3-15)11-32(18)21(30-20)22-28-5-6-36-22/h1,4-7,9-10,14-15,20,23,31H,2-3,8,11H2/t14-,20-/m0/s1. The van der Waals surface area contributed by atoms with Crippen LogP contribution in [0, 0.1) is 5.82 Å². The molecule has 3 aromatic rings. The van der Waals surface area contributed by atoms with Crippen molar-refractivity contribution in [1.82, 2.24) is 24.4 Å². The van der Waals surface area contributed by atoms with Gasteiger partial charge in [0.2, 0.25) is 10.0 Å². The van der Waals surface area contributed by atoms with Crippen molar-refractivity contribution in [3.05, 3.63) is 74.8 Å². The summed E-state index contributed by atoms with van der Waals surface area (Å²) in [5.41, 5.74) is 2.11. The number of aliphatic imine (C=N–C) groups is 1. The molecule has 37 heavy (non-hydrogen) atoms. The molecule has 2 aliphatic heterocycles. The largest absolute Gasteiger partial charge is 0.333 e. The van der Waals surface area contributed by atoms with Gasteiger partial charge in [-0.15, -0.1) is 11.3 Å². The van der Waals surface area contributed by atoms with Crippen molar-refractivity contribution in [2.24, 2.45) is 4.99 Å². The summed E-state index contributed by atoms with van der Waals surface area (Å²) in [6, 6.07) is 2.70. The minimum atomic E-state index is -3.48. The lowest BCUT2D eigenvalue weighted by Gasteiger charge is -2.32. The molecule has 2 atom stereocenters. The van der Waals surface area contributed by atoms with Crippen LogP contribution < -0.4 is 4.72 Å². The Bertz CT molecular complexity index is 1520. The first-order chi connectivity index (χ1) is 17.7. The van der Waals surface area contributed by atoms with E-state index in [9.17, 15) is 21.6 Å². The maximum atomic E-state index is 13.9. The van der Waals surface area contributed by atoms with Crippen LogP contribution in [0.1, 0.15) is 48.0 Å². The summed E-state index contributed by atoms with van der Waals surface area (Å²) in [7, 11) is -3.48. The first kappa shape index (κ1) is 24.6. The van der Waals surface area contributed by atoms with Crippen LogP contribution in [0.5, 0.6) is 0 Å². The van der Waals surface area contributed by atoms with Gasteiger partial charge in [0.05, 0.1) is 11.4 Å². The number of rotatable bonds is 7. The zero-order valence-electron chi connectivity index (χ0n) is 19.1. The smallest absolute Gasteiger partial charge is 0.326 e. The molecule has 2 aromatic heterocycles. The third kappa shape index (κ3) is 4.58. The minimum Gasteiger partial charge on any atom is -0.326 e. The molecule has 8 nitrogen and oxygen atoms in total. The van der Waals surface area contributed by atoms with E-state index in [1.807, 2.05) is 4.90 Å². The van der Waals surface area contributed by atoms with Crippen molar-refractivity contribution in [3.8, 4) is 0 Å². The number of thiazole rings is 1. The first-order valence-corrected chi connectivity index (χ1v) is 14.3. The predicted octanol–water partition coefficient (Wildman–Crippen LogP) is 4.60. The predicted molar refractivity (Wildman–Crippen MR) is 133 cm³/mol. The molecule has 4 heterocycles. The molecule has 2 fully saturated rings. The van der Waals surface area contributed by atoms with Gasteiger partial charge in [-0.05, 0) is 30.5 Å². The van der Waals surface area contributed by atoms with E-state index in [1.165, 1.54) is 41.9 Å². The van der Waals surface area contributed by atoms with Gasteiger partial charge < -0.3 is 4.90 Å². The van der Waals surface area contributed by atoms with Crippen LogP contribution in [0.4, 0.5) is 13.2 Å². The monoisotopic (exact) mass is 568 g/mol. The molecular weight excluding hydrogens is 549 g/mol. The van der Waals surface area contributed by atoms with E-state index in [0.717, 1.165) is 0 Å². The van der Waals surface area contributed by atoms with Gasteiger partial charge in [-0.3, -0.25) is 4.99 Å². The average molecular weight is 569 g/mol. The van der Waals surface area contributed by atoms with Crippen LogP contribution in [-0.4, -0.2) is 51.8 Å². The summed E-state index contributed by atoms with van der Waals surface area (Å²) in [4.78, 5) is 11.2. The molecule has 1 N–H and O–H groups in total. The van der Waals surface area contributed by atoms with Gasteiger partial charge in [-0.25, -0.2) is 27.2 Å². The number of alkyl halides is 2. The lowest BCUT2D eigenvalue weighted by atomic mass is 9.91. The van der Waals surface area contributed by atoms with E-state index < -0.39 is 34.5 Å². The second-order valence-corrected chi connectivity index (χ2v) is 12.4. The fourth-order valence-corrected chi connectivity index (χ4v) is 7.25. The number of amidine groups is 1. The Morgan fingerprint density at radius 1 is 1.24 bits per heavy atom. The second kappa shape index (κ2) is 9.22. The van der Waals surface area contributed by atoms with Crippen LogP contribution in [0.2, 0.25) is 5.02 Å². The summed E-state index contributed by atoms with van der Waals surface area (Å²) in [5.74, 6) is -0.0149.